The van der Waals surface area contributed by atoms with E-state index >= 15 is 0 Å². The molecule has 1 amide bonds. The van der Waals surface area contributed by atoms with E-state index in [1.807, 2.05) is 5.43 Å². The van der Waals surface area contributed by atoms with E-state index in [4.69, 9.17) is 20.4 Å². The van der Waals surface area contributed by atoms with Crippen LogP contribution in [0.2, 0.25) is 0 Å². The van der Waals surface area contributed by atoms with Crippen molar-refractivity contribution in [3.63, 3.8) is 0 Å². The average Bonchev–Trinajstić information content (AvgIpc) is 2.93. The second kappa shape index (κ2) is 5.81. The Bertz CT molecular complexity index is 678. The van der Waals surface area contributed by atoms with Gasteiger partial charge in [0.1, 0.15) is 24.2 Å². The van der Waals surface area contributed by atoms with Crippen LogP contribution in [0, 0.1) is 17.1 Å². The smallest absolute Gasteiger partial charge is 0.287 e. The van der Waals surface area contributed by atoms with E-state index in [2.05, 4.69) is 5.16 Å². The van der Waals surface area contributed by atoms with Gasteiger partial charge < -0.3 is 9.26 Å². The number of nitrogens with two attached hydrogens (primary N) is 1. The second-order valence-electron chi connectivity index (χ2n) is 3.69. The van der Waals surface area contributed by atoms with Crippen molar-refractivity contribution in [2.24, 2.45) is 5.84 Å². The highest BCUT2D eigenvalue weighted by molar-refractivity contribution is 5.91. The van der Waals surface area contributed by atoms with E-state index in [1.165, 1.54) is 18.2 Å². The number of nitrogens with zero attached hydrogens (tertiary/aromatic N) is 2. The SMILES string of the molecule is N#Cc1ccc(OCc2cc(C(=O)NN)no2)cc1F. The zero-order chi connectivity index (χ0) is 14.5. The summed E-state index contributed by atoms with van der Waals surface area (Å²) in [5.74, 6) is 4.17. The fourth-order valence-corrected chi connectivity index (χ4v) is 1.39. The number of ether oxygens (including phenoxy) is 1. The van der Waals surface area contributed by atoms with E-state index in [1.54, 1.807) is 6.07 Å². The quantitative estimate of drug-likeness (QED) is 0.486. The van der Waals surface area contributed by atoms with E-state index in [-0.39, 0.29) is 29.4 Å². The molecular formula is C12H9FN4O3. The number of rotatable bonds is 4. The number of nitriles is 1. The van der Waals surface area contributed by atoms with Crippen LogP contribution in [0.15, 0.2) is 28.8 Å². The molecule has 0 aliphatic rings. The molecule has 7 nitrogen and oxygen atoms in total. The van der Waals surface area contributed by atoms with Gasteiger partial charge in [0.05, 0.1) is 5.56 Å². The molecule has 1 heterocycles. The molecule has 0 bridgehead atoms. The standard InChI is InChI=1S/C12H9FN4O3/c13-10-3-8(2-1-7(10)5-14)19-6-9-4-11(17-20-9)12(18)16-15/h1-4H,6,15H2,(H,16,18). The third-order valence-corrected chi connectivity index (χ3v) is 2.36. The lowest BCUT2D eigenvalue weighted by molar-refractivity contribution is 0.0944. The second-order valence-corrected chi connectivity index (χ2v) is 3.69. The van der Waals surface area contributed by atoms with Gasteiger partial charge in [-0.3, -0.25) is 10.2 Å². The number of hydrogen-bond acceptors (Lipinski definition) is 6. The Hall–Kier alpha value is -2.92. The molecule has 0 unspecified atom stereocenters. The number of hydrazine groups is 1. The van der Waals surface area contributed by atoms with Gasteiger partial charge in [0, 0.05) is 12.1 Å². The van der Waals surface area contributed by atoms with E-state index in [9.17, 15) is 9.18 Å². The van der Waals surface area contributed by atoms with Crippen molar-refractivity contribution in [3.05, 3.63) is 47.1 Å². The van der Waals surface area contributed by atoms with Crippen LogP contribution < -0.4 is 16.0 Å². The molecule has 0 atom stereocenters. The minimum atomic E-state index is -0.675. The van der Waals surface area contributed by atoms with Gasteiger partial charge in [-0.05, 0) is 12.1 Å². The van der Waals surface area contributed by atoms with Crippen molar-refractivity contribution in [1.29, 1.82) is 5.26 Å². The van der Waals surface area contributed by atoms with E-state index < -0.39 is 11.7 Å². The molecular weight excluding hydrogens is 267 g/mol. The summed E-state index contributed by atoms with van der Waals surface area (Å²) in [5, 5.41) is 12.1. The molecule has 0 aliphatic carbocycles. The monoisotopic (exact) mass is 276 g/mol. The Morgan fingerprint density at radius 3 is 3.00 bits per heavy atom. The number of carbonyl (C=O) groups is 1. The van der Waals surface area contributed by atoms with Crippen LogP contribution in [-0.4, -0.2) is 11.1 Å². The fourth-order valence-electron chi connectivity index (χ4n) is 1.39. The van der Waals surface area contributed by atoms with Crippen LogP contribution in [0.4, 0.5) is 4.39 Å². The molecule has 3 N–H and O–H groups in total. The molecule has 1 aromatic heterocycles. The molecule has 2 rings (SSSR count). The third-order valence-electron chi connectivity index (χ3n) is 2.36. The third kappa shape index (κ3) is 2.90. The van der Waals surface area contributed by atoms with Crippen LogP contribution >= 0.6 is 0 Å². The maximum Gasteiger partial charge on any atom is 0.287 e. The minimum absolute atomic E-state index is 0.0112. The maximum absolute atomic E-state index is 13.3. The van der Waals surface area contributed by atoms with Crippen LogP contribution in [0.1, 0.15) is 21.8 Å². The van der Waals surface area contributed by atoms with Crippen LogP contribution in [0.5, 0.6) is 5.75 Å². The summed E-state index contributed by atoms with van der Waals surface area (Å²) in [5.41, 5.74) is 1.85. The number of aromatic nitrogens is 1. The predicted molar refractivity (Wildman–Crippen MR) is 63.6 cm³/mol. The number of halogens is 1. The number of hydrogen-bond donors (Lipinski definition) is 2. The molecule has 0 saturated heterocycles. The number of nitrogen functional groups attached to an aromatic ring is 1. The highest BCUT2D eigenvalue weighted by Crippen LogP contribution is 2.17. The van der Waals surface area contributed by atoms with Gasteiger partial charge in [-0.15, -0.1) is 0 Å². The summed E-state index contributed by atoms with van der Waals surface area (Å²) in [6.45, 7) is -0.0454. The van der Waals surface area contributed by atoms with Crippen molar-refractivity contribution >= 4 is 5.91 Å². The highest BCUT2D eigenvalue weighted by atomic mass is 19.1. The first-order valence-electron chi connectivity index (χ1n) is 5.43. The number of benzene rings is 1. The van der Waals surface area contributed by atoms with Crippen LogP contribution in [-0.2, 0) is 6.61 Å². The normalized spacial score (nSPS) is 9.85. The molecule has 0 spiro atoms. The molecule has 8 heteroatoms. The number of amides is 1. The highest BCUT2D eigenvalue weighted by Gasteiger charge is 2.11. The molecule has 1 aromatic carbocycles. The largest absolute Gasteiger partial charge is 0.485 e. The van der Waals surface area contributed by atoms with Gasteiger partial charge in [-0.2, -0.15) is 5.26 Å². The lowest BCUT2D eigenvalue weighted by Crippen LogP contribution is -2.30. The summed E-state index contributed by atoms with van der Waals surface area (Å²) in [4.78, 5) is 11.1. The van der Waals surface area contributed by atoms with E-state index in [0.29, 0.717) is 0 Å². The Morgan fingerprint density at radius 1 is 1.55 bits per heavy atom. The topological polar surface area (TPSA) is 114 Å². The van der Waals surface area contributed by atoms with Crippen molar-refractivity contribution in [3.8, 4) is 11.8 Å². The van der Waals surface area contributed by atoms with Crippen molar-refractivity contribution < 1.29 is 18.4 Å². The van der Waals surface area contributed by atoms with Gasteiger partial charge >= 0.3 is 0 Å². The first-order valence-corrected chi connectivity index (χ1v) is 5.43. The lowest BCUT2D eigenvalue weighted by Gasteiger charge is -2.03. The average molecular weight is 276 g/mol. The van der Waals surface area contributed by atoms with Crippen molar-refractivity contribution in [2.75, 3.05) is 0 Å². The molecule has 0 fully saturated rings. The van der Waals surface area contributed by atoms with Gasteiger partial charge in [0.2, 0.25) is 0 Å². The maximum atomic E-state index is 13.3. The van der Waals surface area contributed by atoms with E-state index in [0.717, 1.165) is 6.07 Å². The first kappa shape index (κ1) is 13.5. The summed E-state index contributed by atoms with van der Waals surface area (Å²) < 4.78 is 23.4. The Kier molecular flexibility index (Phi) is 3.93. The Balaban J connectivity index is 2.02. The van der Waals surface area contributed by atoms with Crippen molar-refractivity contribution in [1.82, 2.24) is 10.6 Å². The summed E-state index contributed by atoms with van der Waals surface area (Å²) in [6, 6.07) is 6.89. The summed E-state index contributed by atoms with van der Waals surface area (Å²) >= 11 is 0. The van der Waals surface area contributed by atoms with Gasteiger partial charge in [0.25, 0.3) is 5.91 Å². The fraction of sp³-hybridized carbons (Fsp3) is 0.0833. The van der Waals surface area contributed by atoms with Gasteiger partial charge in [-0.1, -0.05) is 5.16 Å². The van der Waals surface area contributed by atoms with Gasteiger partial charge in [-0.25, -0.2) is 10.2 Å². The Labute approximate surface area is 112 Å². The van der Waals surface area contributed by atoms with Gasteiger partial charge in [0.15, 0.2) is 11.5 Å². The zero-order valence-electron chi connectivity index (χ0n) is 10.1. The van der Waals surface area contributed by atoms with Crippen LogP contribution in [0.3, 0.4) is 0 Å². The summed E-state index contributed by atoms with van der Waals surface area (Å²) in [7, 11) is 0. The molecule has 102 valence electrons. The molecule has 20 heavy (non-hydrogen) atoms. The zero-order valence-corrected chi connectivity index (χ0v) is 10.1. The lowest BCUT2D eigenvalue weighted by atomic mass is 10.2. The first-order chi connectivity index (χ1) is 9.63. The number of carbonyl (C=O) groups excluding carboxylic acids is 1. The minimum Gasteiger partial charge on any atom is -0.485 e. The van der Waals surface area contributed by atoms with Crippen LogP contribution in [0.25, 0.3) is 0 Å². The number of nitrogens with one attached hydrogen (secondary N) is 1. The molecule has 2 aromatic rings. The molecule has 0 radical (unpaired) electrons. The molecule has 0 aliphatic heterocycles. The summed E-state index contributed by atoms with van der Waals surface area (Å²) in [6.07, 6.45) is 0. The molecule has 0 saturated carbocycles. The predicted octanol–water partition coefficient (Wildman–Crippen LogP) is 0.868. The Morgan fingerprint density at radius 2 is 2.35 bits per heavy atom. The van der Waals surface area contributed by atoms with Crippen molar-refractivity contribution in [2.45, 2.75) is 6.61 Å².